The number of piperazine rings is 1. The summed E-state index contributed by atoms with van der Waals surface area (Å²) in [7, 11) is -3.59. The van der Waals surface area contributed by atoms with E-state index in [1.807, 2.05) is 30.0 Å². The Balaban J connectivity index is 1.60. The predicted molar refractivity (Wildman–Crippen MR) is 120 cm³/mol. The number of hydrogen-bond acceptors (Lipinski definition) is 4. The maximum absolute atomic E-state index is 13.0. The molecule has 0 saturated carbocycles. The molecule has 1 saturated heterocycles. The summed E-state index contributed by atoms with van der Waals surface area (Å²) in [5.41, 5.74) is 2.41. The van der Waals surface area contributed by atoms with E-state index in [-0.39, 0.29) is 10.8 Å². The number of hydrogen-bond donors (Lipinski definition) is 1. The van der Waals surface area contributed by atoms with E-state index in [1.54, 1.807) is 19.1 Å². The van der Waals surface area contributed by atoms with Gasteiger partial charge in [0.1, 0.15) is 0 Å². The van der Waals surface area contributed by atoms with Gasteiger partial charge in [-0.05, 0) is 30.2 Å². The largest absolute Gasteiger partial charge is 0.336 e. The standard InChI is InChI=1S/C23H29N3O3S/c1-3-24-30(28,29)21-12-11-19(2)22(18-21)23(27)26-16-14-25(15-17-26)13-7-10-20-8-5-4-6-9-20/h4-12,18,24H,3,13-17H2,1-2H3/b10-7+. The van der Waals surface area contributed by atoms with Crippen LogP contribution in [0.4, 0.5) is 0 Å². The first-order valence-electron chi connectivity index (χ1n) is 10.2. The molecule has 0 unspecified atom stereocenters. The topological polar surface area (TPSA) is 69.7 Å². The van der Waals surface area contributed by atoms with Crippen LogP contribution in [0.15, 0.2) is 59.5 Å². The van der Waals surface area contributed by atoms with Gasteiger partial charge >= 0.3 is 0 Å². The van der Waals surface area contributed by atoms with Crippen LogP contribution in [0.1, 0.15) is 28.4 Å². The molecule has 0 spiro atoms. The Bertz CT molecular complexity index is 996. The van der Waals surface area contributed by atoms with Crippen LogP contribution in [0.2, 0.25) is 0 Å². The van der Waals surface area contributed by atoms with Crippen LogP contribution < -0.4 is 4.72 Å². The number of nitrogens with one attached hydrogen (secondary N) is 1. The van der Waals surface area contributed by atoms with Gasteiger partial charge < -0.3 is 4.90 Å². The zero-order chi connectivity index (χ0) is 21.6. The van der Waals surface area contributed by atoms with Crippen molar-refractivity contribution in [2.24, 2.45) is 0 Å². The summed E-state index contributed by atoms with van der Waals surface area (Å²) in [6.07, 6.45) is 4.25. The number of aryl methyl sites for hydroxylation is 1. The van der Waals surface area contributed by atoms with Crippen molar-refractivity contribution in [2.75, 3.05) is 39.3 Å². The molecule has 3 rings (SSSR count). The molecule has 1 aliphatic heterocycles. The van der Waals surface area contributed by atoms with Gasteiger partial charge in [0.25, 0.3) is 5.91 Å². The second-order valence-corrected chi connectivity index (χ2v) is 9.15. The number of sulfonamides is 1. The summed E-state index contributed by atoms with van der Waals surface area (Å²) in [6, 6.07) is 14.9. The Morgan fingerprint density at radius 3 is 2.43 bits per heavy atom. The molecule has 160 valence electrons. The Morgan fingerprint density at radius 1 is 1.07 bits per heavy atom. The van der Waals surface area contributed by atoms with Crippen molar-refractivity contribution >= 4 is 22.0 Å². The molecule has 6 nitrogen and oxygen atoms in total. The number of carbonyl (C=O) groups excluding carboxylic acids is 1. The molecule has 0 aliphatic carbocycles. The molecule has 0 atom stereocenters. The average Bonchev–Trinajstić information content (AvgIpc) is 2.75. The minimum absolute atomic E-state index is 0.111. The van der Waals surface area contributed by atoms with Crippen LogP contribution in [0.3, 0.4) is 0 Å². The van der Waals surface area contributed by atoms with E-state index in [9.17, 15) is 13.2 Å². The summed E-state index contributed by atoms with van der Waals surface area (Å²) < 4.78 is 27.1. The van der Waals surface area contributed by atoms with Gasteiger partial charge in [-0.3, -0.25) is 9.69 Å². The molecule has 1 amide bonds. The normalized spacial score (nSPS) is 15.6. The van der Waals surface area contributed by atoms with Crippen molar-refractivity contribution in [1.82, 2.24) is 14.5 Å². The van der Waals surface area contributed by atoms with Gasteiger partial charge in [-0.15, -0.1) is 0 Å². The fraction of sp³-hybridized carbons (Fsp3) is 0.348. The van der Waals surface area contributed by atoms with Gasteiger partial charge in [-0.25, -0.2) is 13.1 Å². The second-order valence-electron chi connectivity index (χ2n) is 7.38. The number of amides is 1. The van der Waals surface area contributed by atoms with Crippen LogP contribution in [-0.2, 0) is 10.0 Å². The summed E-state index contributed by atoms with van der Waals surface area (Å²) in [6.45, 7) is 7.54. The highest BCUT2D eigenvalue weighted by Crippen LogP contribution is 2.18. The van der Waals surface area contributed by atoms with Crippen molar-refractivity contribution in [3.05, 3.63) is 71.3 Å². The first-order valence-corrected chi connectivity index (χ1v) is 11.7. The number of rotatable bonds is 7. The molecular weight excluding hydrogens is 398 g/mol. The number of nitrogens with zero attached hydrogens (tertiary/aromatic N) is 2. The first kappa shape index (κ1) is 22.2. The zero-order valence-electron chi connectivity index (χ0n) is 17.5. The quantitative estimate of drug-likeness (QED) is 0.738. The lowest BCUT2D eigenvalue weighted by Crippen LogP contribution is -2.48. The Kier molecular flexibility index (Phi) is 7.42. The van der Waals surface area contributed by atoms with Crippen molar-refractivity contribution in [2.45, 2.75) is 18.7 Å². The lowest BCUT2D eigenvalue weighted by Gasteiger charge is -2.34. The van der Waals surface area contributed by atoms with Crippen molar-refractivity contribution in [3.63, 3.8) is 0 Å². The van der Waals surface area contributed by atoms with E-state index in [0.29, 0.717) is 25.2 Å². The summed E-state index contributed by atoms with van der Waals surface area (Å²) in [5.74, 6) is -0.111. The highest BCUT2D eigenvalue weighted by atomic mass is 32.2. The average molecular weight is 428 g/mol. The van der Waals surface area contributed by atoms with Gasteiger partial charge in [-0.1, -0.05) is 55.5 Å². The first-order chi connectivity index (χ1) is 14.4. The third kappa shape index (κ3) is 5.56. The molecule has 0 aromatic heterocycles. The highest BCUT2D eigenvalue weighted by molar-refractivity contribution is 7.89. The van der Waals surface area contributed by atoms with E-state index >= 15 is 0 Å². The van der Waals surface area contributed by atoms with Crippen molar-refractivity contribution in [3.8, 4) is 0 Å². The van der Waals surface area contributed by atoms with Gasteiger partial charge in [0.15, 0.2) is 0 Å². The Hall–Kier alpha value is -2.48. The lowest BCUT2D eigenvalue weighted by molar-refractivity contribution is 0.0649. The monoisotopic (exact) mass is 427 g/mol. The van der Waals surface area contributed by atoms with Gasteiger partial charge in [-0.2, -0.15) is 0 Å². The SMILES string of the molecule is CCNS(=O)(=O)c1ccc(C)c(C(=O)N2CCN(C/C=C/c3ccccc3)CC2)c1. The van der Waals surface area contributed by atoms with Crippen molar-refractivity contribution in [1.29, 1.82) is 0 Å². The molecule has 1 aliphatic rings. The van der Waals surface area contributed by atoms with Crippen molar-refractivity contribution < 1.29 is 13.2 Å². The maximum atomic E-state index is 13.0. The summed E-state index contributed by atoms with van der Waals surface area (Å²) >= 11 is 0. The molecule has 1 fully saturated rings. The maximum Gasteiger partial charge on any atom is 0.254 e. The van der Waals surface area contributed by atoms with Gasteiger partial charge in [0.05, 0.1) is 4.90 Å². The number of carbonyl (C=O) groups is 1. The smallest absolute Gasteiger partial charge is 0.254 e. The molecule has 1 heterocycles. The van der Waals surface area contributed by atoms with Gasteiger partial charge in [0.2, 0.25) is 10.0 Å². The van der Waals surface area contributed by atoms with E-state index in [1.165, 1.54) is 11.6 Å². The Labute approximate surface area is 179 Å². The van der Waals surface area contributed by atoms with E-state index < -0.39 is 10.0 Å². The molecule has 2 aromatic rings. The van der Waals surface area contributed by atoms with E-state index in [0.717, 1.165) is 25.2 Å². The van der Waals surface area contributed by atoms with Gasteiger partial charge in [0, 0.05) is 44.8 Å². The third-order valence-corrected chi connectivity index (χ3v) is 6.76. The minimum Gasteiger partial charge on any atom is -0.336 e. The lowest BCUT2D eigenvalue weighted by atomic mass is 10.1. The van der Waals surface area contributed by atoms with Crippen LogP contribution in [0.5, 0.6) is 0 Å². The van der Waals surface area contributed by atoms with Crippen LogP contribution in [-0.4, -0.2) is 63.4 Å². The molecule has 7 heteroatoms. The molecule has 0 radical (unpaired) electrons. The minimum atomic E-state index is -3.59. The fourth-order valence-corrected chi connectivity index (χ4v) is 4.54. The molecule has 0 bridgehead atoms. The third-order valence-electron chi connectivity index (χ3n) is 5.22. The van der Waals surface area contributed by atoms with Crippen LogP contribution in [0, 0.1) is 6.92 Å². The van der Waals surface area contributed by atoms with Crippen LogP contribution in [0.25, 0.3) is 6.08 Å². The van der Waals surface area contributed by atoms with E-state index in [4.69, 9.17) is 0 Å². The molecule has 30 heavy (non-hydrogen) atoms. The molecule has 1 N–H and O–H groups in total. The van der Waals surface area contributed by atoms with Crippen LogP contribution >= 0.6 is 0 Å². The molecule has 2 aromatic carbocycles. The second kappa shape index (κ2) is 10.0. The molecular formula is C23H29N3O3S. The fourth-order valence-electron chi connectivity index (χ4n) is 3.48. The Morgan fingerprint density at radius 2 is 1.77 bits per heavy atom. The predicted octanol–water partition coefficient (Wildman–Crippen LogP) is 2.76. The summed E-state index contributed by atoms with van der Waals surface area (Å²) in [5, 5.41) is 0. The summed E-state index contributed by atoms with van der Waals surface area (Å²) in [4.78, 5) is 17.3. The zero-order valence-corrected chi connectivity index (χ0v) is 18.4. The number of benzene rings is 2. The van der Waals surface area contributed by atoms with E-state index in [2.05, 4.69) is 33.9 Å². The highest BCUT2D eigenvalue weighted by Gasteiger charge is 2.24.